The van der Waals surface area contributed by atoms with Crippen LogP contribution in [0, 0.1) is 0 Å². The number of carbonyl (C=O) groups excluding carboxylic acids is 1. The second-order valence-electron chi connectivity index (χ2n) is 6.94. The van der Waals surface area contributed by atoms with Crippen molar-refractivity contribution >= 4 is 17.5 Å². The van der Waals surface area contributed by atoms with Gasteiger partial charge >= 0.3 is 0 Å². The fourth-order valence-corrected chi connectivity index (χ4v) is 3.22. The van der Waals surface area contributed by atoms with Crippen LogP contribution in [0.3, 0.4) is 0 Å². The number of carbonyl (C=O) groups is 1. The molecule has 1 aromatic carbocycles. The van der Waals surface area contributed by atoms with Crippen LogP contribution >= 0.6 is 11.6 Å². The standard InChI is InChI=1S/C20H21ClN6O3/c1-26(11-15-8-18-19(9-16(15)21)30-13-29-18)6-7-27-12-17(24-25-27)20(28)23-10-14-2-4-22-5-3-14/h2-5,8-9,12H,6-7,10-11,13H2,1H3,(H,23,28). The molecule has 1 N–H and O–H groups in total. The molecule has 0 fully saturated rings. The van der Waals surface area contributed by atoms with Gasteiger partial charge in [-0.3, -0.25) is 14.5 Å². The van der Waals surface area contributed by atoms with Gasteiger partial charge in [0.2, 0.25) is 6.79 Å². The number of amides is 1. The number of halogens is 1. The Morgan fingerprint density at radius 1 is 1.27 bits per heavy atom. The lowest BCUT2D eigenvalue weighted by Crippen LogP contribution is -2.24. The Balaban J connectivity index is 1.27. The van der Waals surface area contributed by atoms with E-state index in [1.807, 2.05) is 25.2 Å². The molecule has 30 heavy (non-hydrogen) atoms. The highest BCUT2D eigenvalue weighted by atomic mass is 35.5. The third-order valence-electron chi connectivity index (χ3n) is 4.67. The number of rotatable bonds is 8. The minimum Gasteiger partial charge on any atom is -0.454 e. The maximum atomic E-state index is 12.3. The lowest BCUT2D eigenvalue weighted by atomic mass is 10.2. The van der Waals surface area contributed by atoms with Gasteiger partial charge in [0.1, 0.15) is 0 Å². The molecule has 1 aliphatic rings. The van der Waals surface area contributed by atoms with Gasteiger partial charge < -0.3 is 19.7 Å². The van der Waals surface area contributed by atoms with Crippen molar-refractivity contribution in [3.63, 3.8) is 0 Å². The SMILES string of the molecule is CN(CCn1cc(C(=O)NCc2ccncc2)nn1)Cc1cc2c(cc1Cl)OCO2. The Morgan fingerprint density at radius 3 is 2.83 bits per heavy atom. The first-order chi connectivity index (χ1) is 14.6. The van der Waals surface area contributed by atoms with Gasteiger partial charge in [0, 0.05) is 43.1 Å². The van der Waals surface area contributed by atoms with Crippen LogP contribution in [0.25, 0.3) is 0 Å². The summed E-state index contributed by atoms with van der Waals surface area (Å²) < 4.78 is 12.4. The minimum absolute atomic E-state index is 0.218. The minimum atomic E-state index is -0.265. The number of hydrogen-bond acceptors (Lipinski definition) is 7. The van der Waals surface area contributed by atoms with Crippen molar-refractivity contribution in [2.45, 2.75) is 19.6 Å². The Hall–Kier alpha value is -3.17. The van der Waals surface area contributed by atoms with Crippen molar-refractivity contribution in [1.29, 1.82) is 0 Å². The van der Waals surface area contributed by atoms with Crippen molar-refractivity contribution in [2.75, 3.05) is 20.4 Å². The van der Waals surface area contributed by atoms with E-state index in [0.717, 1.165) is 11.1 Å². The fraction of sp³-hybridized carbons (Fsp3) is 0.300. The third-order valence-corrected chi connectivity index (χ3v) is 5.02. The second kappa shape index (κ2) is 9.10. The third kappa shape index (κ3) is 4.87. The summed E-state index contributed by atoms with van der Waals surface area (Å²) in [6.07, 6.45) is 5.01. The van der Waals surface area contributed by atoms with E-state index >= 15 is 0 Å². The quantitative estimate of drug-likeness (QED) is 0.587. The molecule has 1 aliphatic heterocycles. The van der Waals surface area contributed by atoms with E-state index in [9.17, 15) is 4.79 Å². The van der Waals surface area contributed by atoms with Gasteiger partial charge in [-0.15, -0.1) is 5.10 Å². The van der Waals surface area contributed by atoms with Gasteiger partial charge in [-0.05, 0) is 36.4 Å². The van der Waals surface area contributed by atoms with E-state index in [1.54, 1.807) is 29.3 Å². The number of pyridine rings is 1. The molecule has 9 nitrogen and oxygen atoms in total. The fourth-order valence-electron chi connectivity index (χ4n) is 3.01. The molecule has 0 saturated heterocycles. The van der Waals surface area contributed by atoms with Gasteiger partial charge in [-0.1, -0.05) is 16.8 Å². The topological polar surface area (TPSA) is 94.4 Å². The van der Waals surface area contributed by atoms with Crippen molar-refractivity contribution in [3.05, 3.63) is 64.7 Å². The van der Waals surface area contributed by atoms with E-state index in [2.05, 4.69) is 25.5 Å². The first-order valence-electron chi connectivity index (χ1n) is 9.42. The van der Waals surface area contributed by atoms with Crippen molar-refractivity contribution in [1.82, 2.24) is 30.2 Å². The molecular formula is C20H21ClN6O3. The Kier molecular flexibility index (Phi) is 6.10. The highest BCUT2D eigenvalue weighted by Crippen LogP contribution is 2.37. The molecule has 0 saturated carbocycles. The number of benzene rings is 1. The molecule has 0 aliphatic carbocycles. The zero-order valence-electron chi connectivity index (χ0n) is 16.4. The molecule has 0 bridgehead atoms. The number of nitrogens with one attached hydrogen (secondary N) is 1. The normalized spacial score (nSPS) is 12.4. The average Bonchev–Trinajstić information content (AvgIpc) is 3.41. The van der Waals surface area contributed by atoms with Gasteiger partial charge in [-0.2, -0.15) is 0 Å². The van der Waals surface area contributed by atoms with Gasteiger partial charge in [0.25, 0.3) is 5.91 Å². The molecule has 2 aromatic heterocycles. The number of likely N-dealkylation sites (N-methyl/N-ethyl adjacent to an activating group) is 1. The summed E-state index contributed by atoms with van der Waals surface area (Å²) in [5, 5.41) is 11.5. The molecular weight excluding hydrogens is 408 g/mol. The molecule has 10 heteroatoms. The number of hydrogen-bond donors (Lipinski definition) is 1. The molecule has 0 spiro atoms. The summed E-state index contributed by atoms with van der Waals surface area (Å²) in [6.45, 7) is 2.56. The average molecular weight is 429 g/mol. The molecule has 0 unspecified atom stereocenters. The summed E-state index contributed by atoms with van der Waals surface area (Å²) >= 11 is 6.34. The second-order valence-corrected chi connectivity index (χ2v) is 7.35. The van der Waals surface area contributed by atoms with Crippen LogP contribution in [0.5, 0.6) is 11.5 Å². The molecule has 4 rings (SSSR count). The van der Waals surface area contributed by atoms with Crippen LogP contribution in [-0.4, -0.2) is 51.2 Å². The Morgan fingerprint density at radius 2 is 2.03 bits per heavy atom. The van der Waals surface area contributed by atoms with E-state index in [-0.39, 0.29) is 18.4 Å². The maximum Gasteiger partial charge on any atom is 0.273 e. The summed E-state index contributed by atoms with van der Waals surface area (Å²) in [5.74, 6) is 1.11. The molecule has 0 radical (unpaired) electrons. The smallest absolute Gasteiger partial charge is 0.273 e. The summed E-state index contributed by atoms with van der Waals surface area (Å²) in [4.78, 5) is 18.3. The Labute approximate surface area is 178 Å². The molecule has 1 amide bonds. The van der Waals surface area contributed by atoms with E-state index in [0.29, 0.717) is 42.7 Å². The van der Waals surface area contributed by atoms with Crippen LogP contribution < -0.4 is 14.8 Å². The largest absolute Gasteiger partial charge is 0.454 e. The predicted molar refractivity (Wildman–Crippen MR) is 109 cm³/mol. The highest BCUT2D eigenvalue weighted by Gasteiger charge is 2.17. The monoisotopic (exact) mass is 428 g/mol. The van der Waals surface area contributed by atoms with Gasteiger partial charge in [-0.25, -0.2) is 0 Å². The summed E-state index contributed by atoms with van der Waals surface area (Å²) in [5.41, 5.74) is 2.21. The number of ether oxygens (including phenoxy) is 2. The first-order valence-corrected chi connectivity index (χ1v) is 9.80. The number of fused-ring (bicyclic) bond motifs is 1. The van der Waals surface area contributed by atoms with Crippen molar-refractivity contribution < 1.29 is 14.3 Å². The van der Waals surface area contributed by atoms with Crippen LogP contribution in [0.2, 0.25) is 5.02 Å². The molecule has 156 valence electrons. The van der Waals surface area contributed by atoms with E-state index < -0.39 is 0 Å². The zero-order valence-corrected chi connectivity index (χ0v) is 17.2. The number of nitrogens with zero attached hydrogens (tertiary/aromatic N) is 5. The summed E-state index contributed by atoms with van der Waals surface area (Å²) in [6, 6.07) is 7.38. The van der Waals surface area contributed by atoms with E-state index in [1.165, 1.54) is 0 Å². The van der Waals surface area contributed by atoms with Crippen molar-refractivity contribution in [3.8, 4) is 11.5 Å². The highest BCUT2D eigenvalue weighted by molar-refractivity contribution is 6.31. The van der Waals surface area contributed by atoms with Gasteiger partial charge in [0.05, 0.1) is 12.7 Å². The summed E-state index contributed by atoms with van der Waals surface area (Å²) in [7, 11) is 1.99. The maximum absolute atomic E-state index is 12.3. The molecule has 3 heterocycles. The zero-order chi connectivity index (χ0) is 20.9. The molecule has 0 atom stereocenters. The van der Waals surface area contributed by atoms with Crippen LogP contribution in [0.15, 0.2) is 42.9 Å². The first kappa shape index (κ1) is 20.1. The van der Waals surface area contributed by atoms with Crippen LogP contribution in [-0.2, 0) is 19.6 Å². The lowest BCUT2D eigenvalue weighted by molar-refractivity contribution is 0.0945. The van der Waals surface area contributed by atoms with Crippen LogP contribution in [0.4, 0.5) is 0 Å². The van der Waals surface area contributed by atoms with Gasteiger partial charge in [0.15, 0.2) is 17.2 Å². The lowest BCUT2D eigenvalue weighted by Gasteiger charge is -2.17. The van der Waals surface area contributed by atoms with E-state index in [4.69, 9.17) is 21.1 Å². The molecule has 3 aromatic rings. The van der Waals surface area contributed by atoms with Crippen molar-refractivity contribution in [2.24, 2.45) is 0 Å². The predicted octanol–water partition coefficient (Wildman–Crippen LogP) is 2.12. The number of aromatic nitrogens is 4. The Bertz CT molecular complexity index is 1030. The van der Waals surface area contributed by atoms with Crippen LogP contribution in [0.1, 0.15) is 21.6 Å².